The molecular weight excluding hydrogens is 254 g/mol. The predicted octanol–water partition coefficient (Wildman–Crippen LogP) is -1.03. The fraction of sp³-hybridized carbons (Fsp3) is 0.700. The van der Waals surface area contributed by atoms with E-state index in [4.69, 9.17) is 10.8 Å². The number of aliphatic hydroxyl groups excluding tert-OH is 1. The number of nitrogens with zero attached hydrogens (tertiary/aromatic N) is 3. The van der Waals surface area contributed by atoms with E-state index in [0.717, 1.165) is 0 Å². The minimum absolute atomic E-state index is 0.00991. The third-order valence-corrected chi connectivity index (χ3v) is 3.69. The molecule has 0 spiro atoms. The summed E-state index contributed by atoms with van der Waals surface area (Å²) in [6.45, 7) is 2.30. The highest BCUT2D eigenvalue weighted by Crippen LogP contribution is 2.10. The Morgan fingerprint density at radius 1 is 1.72 bits per heavy atom. The highest BCUT2D eigenvalue weighted by atomic mass is 32.2. The quantitative estimate of drug-likeness (QED) is 0.586. The largest absolute Gasteiger partial charge is 0.395 e. The van der Waals surface area contributed by atoms with Gasteiger partial charge in [-0.15, -0.1) is 5.10 Å². The van der Waals surface area contributed by atoms with E-state index in [2.05, 4.69) is 15.6 Å². The molecule has 0 bridgehead atoms. The summed E-state index contributed by atoms with van der Waals surface area (Å²) < 4.78 is 1.44. The van der Waals surface area contributed by atoms with Gasteiger partial charge in [-0.05, 0) is 13.2 Å². The van der Waals surface area contributed by atoms with Gasteiger partial charge in [-0.2, -0.15) is 11.8 Å². The molecule has 4 N–H and O–H groups in total. The van der Waals surface area contributed by atoms with Crippen molar-refractivity contribution in [2.24, 2.45) is 5.73 Å². The number of thioether (sulfide) groups is 1. The lowest BCUT2D eigenvalue weighted by atomic mass is 10.2. The molecule has 0 saturated carbocycles. The van der Waals surface area contributed by atoms with E-state index < -0.39 is 0 Å². The topological polar surface area (TPSA) is 106 Å². The molecule has 8 heteroatoms. The summed E-state index contributed by atoms with van der Waals surface area (Å²) >= 11 is 1.52. The van der Waals surface area contributed by atoms with Crippen molar-refractivity contribution in [3.8, 4) is 0 Å². The fourth-order valence-electron chi connectivity index (χ4n) is 1.49. The Morgan fingerprint density at radius 3 is 2.94 bits per heavy atom. The third kappa shape index (κ3) is 4.28. The summed E-state index contributed by atoms with van der Waals surface area (Å²) in [7, 11) is 0. The molecule has 7 nitrogen and oxygen atoms in total. The maximum atomic E-state index is 11.7. The molecule has 1 amide bonds. The molecule has 0 radical (unpaired) electrons. The van der Waals surface area contributed by atoms with Gasteiger partial charge >= 0.3 is 0 Å². The second-order valence-corrected chi connectivity index (χ2v) is 5.00. The van der Waals surface area contributed by atoms with Crippen LogP contribution in [0.25, 0.3) is 0 Å². The number of carbonyl (C=O) groups is 1. The Bertz CT molecular complexity index is 380. The van der Waals surface area contributed by atoms with Crippen molar-refractivity contribution in [2.75, 3.05) is 12.9 Å². The number of carbonyl (C=O) groups excluding carboxylic acids is 1. The Balaban J connectivity index is 2.46. The van der Waals surface area contributed by atoms with Crippen LogP contribution >= 0.6 is 11.8 Å². The summed E-state index contributed by atoms with van der Waals surface area (Å²) in [6.07, 6.45) is 3.54. The van der Waals surface area contributed by atoms with E-state index in [-0.39, 0.29) is 30.4 Å². The monoisotopic (exact) mass is 273 g/mol. The van der Waals surface area contributed by atoms with Crippen LogP contribution < -0.4 is 11.1 Å². The number of hydrogen-bond donors (Lipinski definition) is 3. The number of nitrogens with two attached hydrogens (primary N) is 1. The Hall–Kier alpha value is -1.12. The lowest BCUT2D eigenvalue weighted by Crippen LogP contribution is -2.42. The van der Waals surface area contributed by atoms with Gasteiger partial charge in [-0.25, -0.2) is 4.68 Å². The van der Waals surface area contributed by atoms with Crippen LogP contribution in [0.15, 0.2) is 6.20 Å². The first-order valence-electron chi connectivity index (χ1n) is 5.62. The SMILES string of the molecule is CSC(CO)C(C)NC(=O)Cn1cc(CN)nn1. The number of aliphatic hydroxyl groups is 1. The molecule has 1 heterocycles. The zero-order valence-corrected chi connectivity index (χ0v) is 11.4. The Morgan fingerprint density at radius 2 is 2.44 bits per heavy atom. The molecule has 0 aromatic carbocycles. The highest BCUT2D eigenvalue weighted by molar-refractivity contribution is 7.99. The van der Waals surface area contributed by atoms with Crippen molar-refractivity contribution in [1.82, 2.24) is 20.3 Å². The van der Waals surface area contributed by atoms with Crippen LogP contribution in [-0.2, 0) is 17.9 Å². The lowest BCUT2D eigenvalue weighted by Gasteiger charge is -2.21. The summed E-state index contributed by atoms with van der Waals surface area (Å²) in [5.74, 6) is -0.163. The molecule has 0 aliphatic carbocycles. The molecule has 18 heavy (non-hydrogen) atoms. The van der Waals surface area contributed by atoms with Crippen LogP contribution in [-0.4, -0.2) is 50.2 Å². The zero-order chi connectivity index (χ0) is 13.5. The second kappa shape index (κ2) is 7.34. The normalized spacial score (nSPS) is 14.2. The van der Waals surface area contributed by atoms with E-state index in [1.165, 1.54) is 16.4 Å². The minimum Gasteiger partial charge on any atom is -0.395 e. The van der Waals surface area contributed by atoms with Gasteiger partial charge in [0, 0.05) is 17.8 Å². The van der Waals surface area contributed by atoms with E-state index in [1.807, 2.05) is 13.2 Å². The average molecular weight is 273 g/mol. The average Bonchev–Trinajstić information content (AvgIpc) is 2.78. The van der Waals surface area contributed by atoms with E-state index in [9.17, 15) is 4.79 Å². The lowest BCUT2D eigenvalue weighted by molar-refractivity contribution is -0.122. The van der Waals surface area contributed by atoms with Gasteiger partial charge in [0.15, 0.2) is 0 Å². The van der Waals surface area contributed by atoms with E-state index in [0.29, 0.717) is 12.2 Å². The zero-order valence-electron chi connectivity index (χ0n) is 10.5. The maximum absolute atomic E-state index is 11.7. The number of amides is 1. The van der Waals surface area contributed by atoms with Gasteiger partial charge in [-0.1, -0.05) is 5.21 Å². The standard InChI is InChI=1S/C10H19N5O2S/c1-7(9(6-16)18-2)12-10(17)5-15-4-8(3-11)13-14-15/h4,7,9,16H,3,5-6,11H2,1-2H3,(H,12,17). The summed E-state index contributed by atoms with van der Waals surface area (Å²) in [4.78, 5) is 11.7. The molecule has 0 aliphatic rings. The van der Waals surface area contributed by atoms with Crippen molar-refractivity contribution in [3.63, 3.8) is 0 Å². The third-order valence-electron chi connectivity index (χ3n) is 2.53. The van der Waals surface area contributed by atoms with Crippen LogP contribution in [0.4, 0.5) is 0 Å². The summed E-state index contributed by atoms with van der Waals surface area (Å²) in [5.41, 5.74) is 6.05. The molecule has 1 aromatic heterocycles. The number of hydrogen-bond acceptors (Lipinski definition) is 6. The van der Waals surface area contributed by atoms with Crippen LogP contribution in [0.5, 0.6) is 0 Å². The Kier molecular flexibility index (Phi) is 6.10. The number of nitrogens with one attached hydrogen (secondary N) is 1. The molecule has 1 aromatic rings. The molecule has 102 valence electrons. The van der Waals surface area contributed by atoms with Gasteiger partial charge in [-0.3, -0.25) is 4.79 Å². The van der Waals surface area contributed by atoms with Crippen molar-refractivity contribution in [3.05, 3.63) is 11.9 Å². The maximum Gasteiger partial charge on any atom is 0.242 e. The number of rotatable bonds is 7. The first kappa shape index (κ1) is 14.9. The van der Waals surface area contributed by atoms with Crippen molar-refractivity contribution in [2.45, 2.75) is 31.3 Å². The van der Waals surface area contributed by atoms with Crippen molar-refractivity contribution >= 4 is 17.7 Å². The van der Waals surface area contributed by atoms with Gasteiger partial charge < -0.3 is 16.2 Å². The fourth-order valence-corrected chi connectivity index (χ4v) is 2.11. The second-order valence-electron chi connectivity index (χ2n) is 3.92. The van der Waals surface area contributed by atoms with E-state index >= 15 is 0 Å². The Labute approximate surface area is 110 Å². The van der Waals surface area contributed by atoms with Crippen LogP contribution in [0.1, 0.15) is 12.6 Å². The minimum atomic E-state index is -0.163. The molecule has 0 fully saturated rings. The molecule has 2 unspecified atom stereocenters. The smallest absolute Gasteiger partial charge is 0.242 e. The molecule has 0 saturated heterocycles. The van der Waals surface area contributed by atoms with Crippen molar-refractivity contribution < 1.29 is 9.90 Å². The summed E-state index contributed by atoms with van der Waals surface area (Å²) in [5, 5.41) is 19.5. The van der Waals surface area contributed by atoms with Crippen LogP contribution in [0.3, 0.4) is 0 Å². The van der Waals surface area contributed by atoms with Crippen molar-refractivity contribution in [1.29, 1.82) is 0 Å². The number of aromatic nitrogens is 3. The van der Waals surface area contributed by atoms with Gasteiger partial charge in [0.05, 0.1) is 18.5 Å². The highest BCUT2D eigenvalue weighted by Gasteiger charge is 2.17. The first-order chi connectivity index (χ1) is 8.60. The van der Waals surface area contributed by atoms with Gasteiger partial charge in [0.25, 0.3) is 0 Å². The van der Waals surface area contributed by atoms with Gasteiger partial charge in [0.2, 0.25) is 5.91 Å². The van der Waals surface area contributed by atoms with Crippen LogP contribution in [0, 0.1) is 0 Å². The molecule has 1 rings (SSSR count). The first-order valence-corrected chi connectivity index (χ1v) is 6.91. The van der Waals surface area contributed by atoms with Gasteiger partial charge in [0.1, 0.15) is 6.54 Å². The molecule has 0 aliphatic heterocycles. The molecule has 2 atom stereocenters. The predicted molar refractivity (Wildman–Crippen MR) is 69.9 cm³/mol. The van der Waals surface area contributed by atoms with E-state index in [1.54, 1.807) is 6.20 Å². The molecular formula is C10H19N5O2S. The summed E-state index contributed by atoms with van der Waals surface area (Å²) in [6, 6.07) is -0.102. The van der Waals surface area contributed by atoms with Crippen LogP contribution in [0.2, 0.25) is 0 Å².